The summed E-state index contributed by atoms with van der Waals surface area (Å²) in [5, 5.41) is 9.15. The van der Waals surface area contributed by atoms with Gasteiger partial charge in [0.1, 0.15) is 11.9 Å². The molecule has 15 heavy (non-hydrogen) atoms. The Bertz CT molecular complexity index is 293. The van der Waals surface area contributed by atoms with Crippen LogP contribution in [-0.4, -0.2) is 17.8 Å². The van der Waals surface area contributed by atoms with Gasteiger partial charge in [0, 0.05) is 13.0 Å². The van der Waals surface area contributed by atoms with Crippen molar-refractivity contribution in [1.82, 2.24) is 0 Å². The molecule has 1 heterocycles. The van der Waals surface area contributed by atoms with Gasteiger partial charge in [-0.3, -0.25) is 0 Å². The van der Waals surface area contributed by atoms with Crippen LogP contribution in [0.4, 0.5) is 0 Å². The van der Waals surface area contributed by atoms with Gasteiger partial charge in [-0.05, 0) is 24.0 Å². The lowest BCUT2D eigenvalue weighted by molar-refractivity contribution is 0.147. The van der Waals surface area contributed by atoms with Crippen LogP contribution in [0.3, 0.4) is 0 Å². The first-order chi connectivity index (χ1) is 7.33. The van der Waals surface area contributed by atoms with Crippen molar-refractivity contribution >= 4 is 0 Å². The lowest BCUT2D eigenvalue weighted by Crippen LogP contribution is -2.19. The number of aliphatic hydroxyl groups excluding tert-OH is 1. The van der Waals surface area contributed by atoms with Gasteiger partial charge in [0.15, 0.2) is 0 Å². The van der Waals surface area contributed by atoms with E-state index in [0.29, 0.717) is 5.92 Å². The van der Waals surface area contributed by atoms with Gasteiger partial charge in [0.25, 0.3) is 0 Å². The maximum Gasteiger partial charge on any atom is 0.123 e. The zero-order chi connectivity index (χ0) is 10.7. The van der Waals surface area contributed by atoms with E-state index in [1.165, 1.54) is 5.56 Å². The molecule has 0 radical (unpaired) electrons. The molecule has 0 bridgehead atoms. The Hall–Kier alpha value is -1.02. The second-order valence-electron chi connectivity index (χ2n) is 4.24. The average Bonchev–Trinajstić information content (AvgIpc) is 2.68. The number of ether oxygens (including phenoxy) is 1. The molecule has 2 rings (SSSR count). The first-order valence-electron chi connectivity index (χ1n) is 5.69. The Morgan fingerprint density at radius 3 is 2.93 bits per heavy atom. The summed E-state index contributed by atoms with van der Waals surface area (Å²) < 4.78 is 5.83. The van der Waals surface area contributed by atoms with Crippen molar-refractivity contribution < 1.29 is 9.84 Å². The van der Waals surface area contributed by atoms with Gasteiger partial charge in [0.2, 0.25) is 0 Å². The third-order valence-electron chi connectivity index (χ3n) is 3.15. The van der Waals surface area contributed by atoms with Crippen LogP contribution in [-0.2, 0) is 6.42 Å². The first-order valence-corrected chi connectivity index (χ1v) is 5.69. The maximum atomic E-state index is 9.15. The molecular weight excluding hydrogens is 188 g/mol. The minimum absolute atomic E-state index is 0.263. The molecular formula is C13H18O2. The summed E-state index contributed by atoms with van der Waals surface area (Å²) in [5.41, 5.74) is 1.30. The summed E-state index contributed by atoms with van der Waals surface area (Å²) >= 11 is 0. The normalized spacial score (nSPS) is 20.8. The Morgan fingerprint density at radius 2 is 2.27 bits per heavy atom. The predicted octanol–water partition coefficient (Wildman–Crippen LogP) is 2.40. The number of rotatable bonds is 4. The molecule has 1 aromatic carbocycles. The van der Waals surface area contributed by atoms with E-state index in [4.69, 9.17) is 9.84 Å². The number of para-hydroxylation sites is 1. The molecule has 0 fully saturated rings. The van der Waals surface area contributed by atoms with E-state index in [0.717, 1.165) is 25.0 Å². The minimum Gasteiger partial charge on any atom is -0.490 e. The van der Waals surface area contributed by atoms with Gasteiger partial charge in [-0.2, -0.15) is 0 Å². The molecule has 0 aliphatic carbocycles. The highest BCUT2D eigenvalue weighted by Gasteiger charge is 2.24. The molecule has 1 aliphatic heterocycles. The lowest BCUT2D eigenvalue weighted by atomic mass is 9.97. The van der Waals surface area contributed by atoms with Crippen LogP contribution < -0.4 is 4.74 Å². The highest BCUT2D eigenvalue weighted by Crippen LogP contribution is 2.31. The van der Waals surface area contributed by atoms with E-state index < -0.39 is 0 Å². The zero-order valence-corrected chi connectivity index (χ0v) is 9.15. The molecule has 1 aliphatic rings. The van der Waals surface area contributed by atoms with Gasteiger partial charge in [-0.25, -0.2) is 0 Å². The number of hydrogen-bond acceptors (Lipinski definition) is 2. The van der Waals surface area contributed by atoms with Crippen molar-refractivity contribution in [3.63, 3.8) is 0 Å². The fourth-order valence-electron chi connectivity index (χ4n) is 2.13. The van der Waals surface area contributed by atoms with Crippen molar-refractivity contribution in [3.05, 3.63) is 29.8 Å². The van der Waals surface area contributed by atoms with E-state index in [-0.39, 0.29) is 12.7 Å². The first kappa shape index (κ1) is 10.5. The molecule has 82 valence electrons. The summed E-state index contributed by atoms with van der Waals surface area (Å²) in [6.45, 7) is 2.38. The Morgan fingerprint density at radius 1 is 1.47 bits per heavy atom. The summed E-state index contributed by atoms with van der Waals surface area (Å²) in [7, 11) is 0. The second-order valence-corrected chi connectivity index (χ2v) is 4.24. The molecule has 0 amide bonds. The van der Waals surface area contributed by atoms with Crippen molar-refractivity contribution in [2.75, 3.05) is 6.61 Å². The second kappa shape index (κ2) is 4.67. The largest absolute Gasteiger partial charge is 0.490 e. The SMILES string of the molecule is CCC(CO)CC1Cc2ccccc2O1. The molecule has 1 N–H and O–H groups in total. The summed E-state index contributed by atoms with van der Waals surface area (Å²) in [6.07, 6.45) is 3.24. The van der Waals surface area contributed by atoms with E-state index in [9.17, 15) is 0 Å². The Balaban J connectivity index is 1.95. The van der Waals surface area contributed by atoms with Gasteiger partial charge >= 0.3 is 0 Å². The molecule has 1 aromatic rings. The van der Waals surface area contributed by atoms with E-state index in [1.54, 1.807) is 0 Å². The molecule has 0 saturated carbocycles. The number of hydrogen-bond donors (Lipinski definition) is 1. The molecule has 2 nitrogen and oxygen atoms in total. The third kappa shape index (κ3) is 2.32. The van der Waals surface area contributed by atoms with Crippen LogP contribution in [0.15, 0.2) is 24.3 Å². The van der Waals surface area contributed by atoms with Crippen molar-refractivity contribution in [1.29, 1.82) is 0 Å². The van der Waals surface area contributed by atoms with Crippen molar-refractivity contribution in [3.8, 4) is 5.75 Å². The fourth-order valence-corrected chi connectivity index (χ4v) is 2.13. The number of fused-ring (bicyclic) bond motifs is 1. The third-order valence-corrected chi connectivity index (χ3v) is 3.15. The molecule has 0 spiro atoms. The van der Waals surface area contributed by atoms with Gasteiger partial charge in [-0.1, -0.05) is 31.5 Å². The predicted molar refractivity (Wildman–Crippen MR) is 60.0 cm³/mol. The Kier molecular flexibility index (Phi) is 3.27. The summed E-state index contributed by atoms with van der Waals surface area (Å²) in [5.74, 6) is 1.40. The molecule has 2 heteroatoms. The molecule has 2 atom stereocenters. The average molecular weight is 206 g/mol. The van der Waals surface area contributed by atoms with Crippen molar-refractivity contribution in [2.24, 2.45) is 5.92 Å². The molecule has 0 saturated heterocycles. The lowest BCUT2D eigenvalue weighted by Gasteiger charge is -2.16. The monoisotopic (exact) mass is 206 g/mol. The highest BCUT2D eigenvalue weighted by molar-refractivity contribution is 5.37. The van der Waals surface area contributed by atoms with Gasteiger partial charge in [0.05, 0.1) is 0 Å². The standard InChI is InChI=1S/C13H18O2/c1-2-10(9-14)7-12-8-11-5-3-4-6-13(11)15-12/h3-6,10,12,14H,2,7-9H2,1H3. The van der Waals surface area contributed by atoms with Crippen LogP contribution in [0.2, 0.25) is 0 Å². The van der Waals surface area contributed by atoms with Crippen LogP contribution in [0.5, 0.6) is 5.75 Å². The van der Waals surface area contributed by atoms with E-state index in [2.05, 4.69) is 13.0 Å². The van der Waals surface area contributed by atoms with Crippen LogP contribution in [0.1, 0.15) is 25.3 Å². The van der Waals surface area contributed by atoms with E-state index in [1.807, 2.05) is 18.2 Å². The minimum atomic E-state index is 0.263. The van der Waals surface area contributed by atoms with Crippen LogP contribution in [0.25, 0.3) is 0 Å². The number of aliphatic hydroxyl groups is 1. The molecule has 2 unspecified atom stereocenters. The van der Waals surface area contributed by atoms with Crippen LogP contribution in [0, 0.1) is 5.92 Å². The number of benzene rings is 1. The van der Waals surface area contributed by atoms with Crippen LogP contribution >= 0.6 is 0 Å². The smallest absolute Gasteiger partial charge is 0.123 e. The van der Waals surface area contributed by atoms with Gasteiger partial charge in [-0.15, -0.1) is 0 Å². The fraction of sp³-hybridized carbons (Fsp3) is 0.538. The molecule has 0 aromatic heterocycles. The summed E-state index contributed by atoms with van der Waals surface area (Å²) in [6, 6.07) is 8.20. The summed E-state index contributed by atoms with van der Waals surface area (Å²) in [4.78, 5) is 0. The van der Waals surface area contributed by atoms with E-state index >= 15 is 0 Å². The zero-order valence-electron chi connectivity index (χ0n) is 9.15. The Labute approximate surface area is 90.9 Å². The van der Waals surface area contributed by atoms with Crippen molar-refractivity contribution in [2.45, 2.75) is 32.3 Å². The quantitative estimate of drug-likeness (QED) is 0.819. The highest BCUT2D eigenvalue weighted by atomic mass is 16.5. The van der Waals surface area contributed by atoms with Gasteiger partial charge < -0.3 is 9.84 Å². The maximum absolute atomic E-state index is 9.15. The topological polar surface area (TPSA) is 29.5 Å².